The second-order valence-corrected chi connectivity index (χ2v) is 5.63. The van der Waals surface area contributed by atoms with Gasteiger partial charge >= 0.3 is 0 Å². The van der Waals surface area contributed by atoms with Crippen molar-refractivity contribution in [1.82, 2.24) is 4.98 Å². The van der Waals surface area contributed by atoms with Crippen LogP contribution in [0.25, 0.3) is 10.9 Å². The average Bonchev–Trinajstić information content (AvgIpc) is 2.44. The van der Waals surface area contributed by atoms with Gasteiger partial charge in [0.05, 0.1) is 23.3 Å². The molecule has 0 bridgehead atoms. The van der Waals surface area contributed by atoms with Crippen LogP contribution >= 0.6 is 0 Å². The zero-order chi connectivity index (χ0) is 15.0. The molecule has 1 aromatic heterocycles. The van der Waals surface area contributed by atoms with Gasteiger partial charge < -0.3 is 15.4 Å². The normalized spacial score (nSPS) is 22.5. The molecule has 3 N–H and O–H groups in total. The molecule has 110 valence electrons. The summed E-state index contributed by atoms with van der Waals surface area (Å²) < 4.78 is 5.77. The van der Waals surface area contributed by atoms with Gasteiger partial charge in [-0.3, -0.25) is 5.41 Å². The van der Waals surface area contributed by atoms with E-state index in [1.807, 2.05) is 30.3 Å². The van der Waals surface area contributed by atoms with Gasteiger partial charge in [0.15, 0.2) is 0 Å². The summed E-state index contributed by atoms with van der Waals surface area (Å²) in [5.74, 6) is 0.832. The summed E-state index contributed by atoms with van der Waals surface area (Å²) in [5.41, 5.74) is 7.38. The number of ether oxygens (including phenoxy) is 1. The maximum absolute atomic E-state index is 7.85. The third kappa shape index (κ3) is 2.69. The molecule has 5 nitrogen and oxygen atoms in total. The predicted octanol–water partition coefficient (Wildman–Crippen LogP) is 2.13. The first-order valence-electron chi connectivity index (χ1n) is 7.19. The second-order valence-electron chi connectivity index (χ2n) is 5.63. The molecule has 0 radical (unpaired) electrons. The van der Waals surface area contributed by atoms with Gasteiger partial charge in [0.1, 0.15) is 11.7 Å². The van der Waals surface area contributed by atoms with Crippen LogP contribution < -0.4 is 10.6 Å². The Morgan fingerprint density at radius 3 is 2.62 bits per heavy atom. The molecular formula is C16H20N4O. The largest absolute Gasteiger partial charge is 0.384 e. The molecule has 1 fully saturated rings. The average molecular weight is 284 g/mol. The van der Waals surface area contributed by atoms with Crippen molar-refractivity contribution in [2.75, 3.05) is 18.0 Å². The van der Waals surface area contributed by atoms with Gasteiger partial charge in [-0.05, 0) is 26.0 Å². The van der Waals surface area contributed by atoms with Crippen molar-refractivity contribution in [1.29, 1.82) is 5.41 Å². The number of hydrogen-bond donors (Lipinski definition) is 2. The molecule has 1 aromatic carbocycles. The van der Waals surface area contributed by atoms with Crippen LogP contribution in [0.2, 0.25) is 0 Å². The number of amidine groups is 1. The fourth-order valence-corrected chi connectivity index (χ4v) is 2.90. The molecule has 3 rings (SSSR count). The number of pyridine rings is 1. The first kappa shape index (κ1) is 13.8. The summed E-state index contributed by atoms with van der Waals surface area (Å²) in [5, 5.41) is 8.85. The van der Waals surface area contributed by atoms with E-state index in [1.165, 1.54) is 0 Å². The Morgan fingerprint density at radius 1 is 1.29 bits per heavy atom. The molecule has 0 amide bonds. The van der Waals surface area contributed by atoms with Crippen molar-refractivity contribution in [3.63, 3.8) is 0 Å². The molecule has 5 heteroatoms. The quantitative estimate of drug-likeness (QED) is 0.654. The molecule has 2 atom stereocenters. The van der Waals surface area contributed by atoms with E-state index >= 15 is 0 Å². The van der Waals surface area contributed by atoms with E-state index in [4.69, 9.17) is 20.9 Å². The van der Waals surface area contributed by atoms with E-state index in [0.29, 0.717) is 5.56 Å². The van der Waals surface area contributed by atoms with Gasteiger partial charge in [-0.25, -0.2) is 4.98 Å². The topological polar surface area (TPSA) is 75.2 Å². The second kappa shape index (κ2) is 5.33. The molecule has 21 heavy (non-hydrogen) atoms. The van der Waals surface area contributed by atoms with Crippen LogP contribution in [0.5, 0.6) is 0 Å². The SMILES string of the molecule is C[C@@H]1CN(c2nc3ccccc3cc2C(=N)N)C[C@H](C)O1. The number of nitrogens with one attached hydrogen (secondary N) is 1. The van der Waals surface area contributed by atoms with Gasteiger partial charge in [0.2, 0.25) is 0 Å². The number of aromatic nitrogens is 1. The molecule has 1 saturated heterocycles. The number of nitrogens with zero attached hydrogens (tertiary/aromatic N) is 2. The molecular weight excluding hydrogens is 264 g/mol. The fraction of sp³-hybridized carbons (Fsp3) is 0.375. The number of benzene rings is 1. The van der Waals surface area contributed by atoms with Crippen LogP contribution in [0.15, 0.2) is 30.3 Å². The van der Waals surface area contributed by atoms with Crippen molar-refractivity contribution >= 4 is 22.6 Å². The number of morpholine rings is 1. The lowest BCUT2D eigenvalue weighted by Gasteiger charge is -2.37. The summed E-state index contributed by atoms with van der Waals surface area (Å²) in [7, 11) is 0. The highest BCUT2D eigenvalue weighted by atomic mass is 16.5. The number of hydrogen-bond acceptors (Lipinski definition) is 4. The van der Waals surface area contributed by atoms with Gasteiger partial charge in [-0.15, -0.1) is 0 Å². The van der Waals surface area contributed by atoms with Crippen molar-refractivity contribution in [2.45, 2.75) is 26.1 Å². The summed E-state index contributed by atoms with van der Waals surface area (Å²) in [6, 6.07) is 9.85. The minimum atomic E-state index is 0.0510. The lowest BCUT2D eigenvalue weighted by atomic mass is 10.1. The monoisotopic (exact) mass is 284 g/mol. The van der Waals surface area contributed by atoms with Gasteiger partial charge in [0.25, 0.3) is 0 Å². The highest BCUT2D eigenvalue weighted by molar-refractivity contribution is 6.03. The van der Waals surface area contributed by atoms with Crippen molar-refractivity contribution in [2.24, 2.45) is 5.73 Å². The molecule has 1 aliphatic rings. The van der Waals surface area contributed by atoms with E-state index < -0.39 is 0 Å². The maximum atomic E-state index is 7.85. The minimum absolute atomic E-state index is 0.0510. The first-order valence-corrected chi connectivity index (χ1v) is 7.19. The number of rotatable bonds is 2. The highest BCUT2D eigenvalue weighted by Gasteiger charge is 2.25. The number of anilines is 1. The van der Waals surface area contributed by atoms with Crippen molar-refractivity contribution in [3.05, 3.63) is 35.9 Å². The van der Waals surface area contributed by atoms with Crippen LogP contribution in [0.1, 0.15) is 19.4 Å². The van der Waals surface area contributed by atoms with E-state index in [9.17, 15) is 0 Å². The Kier molecular flexibility index (Phi) is 3.51. The lowest BCUT2D eigenvalue weighted by Crippen LogP contribution is -2.46. The molecule has 2 aromatic rings. The van der Waals surface area contributed by atoms with Gasteiger partial charge in [0, 0.05) is 18.5 Å². The number of nitrogen functional groups attached to an aromatic ring is 1. The lowest BCUT2D eigenvalue weighted by molar-refractivity contribution is -0.00545. The third-order valence-corrected chi connectivity index (χ3v) is 3.71. The third-order valence-electron chi connectivity index (χ3n) is 3.71. The summed E-state index contributed by atoms with van der Waals surface area (Å²) in [6.07, 6.45) is 0.281. The zero-order valence-corrected chi connectivity index (χ0v) is 12.3. The van der Waals surface area contributed by atoms with Crippen LogP contribution in [-0.2, 0) is 4.74 Å². The molecule has 0 unspecified atom stereocenters. The Labute approximate surface area is 124 Å². The molecule has 2 heterocycles. The summed E-state index contributed by atoms with van der Waals surface area (Å²) in [6.45, 7) is 5.63. The van der Waals surface area contributed by atoms with Crippen LogP contribution in [0, 0.1) is 5.41 Å². The highest BCUT2D eigenvalue weighted by Crippen LogP contribution is 2.26. The molecule has 1 aliphatic heterocycles. The maximum Gasteiger partial charge on any atom is 0.140 e. The van der Waals surface area contributed by atoms with Crippen LogP contribution in [-0.4, -0.2) is 36.1 Å². The number of para-hydroxylation sites is 1. The van der Waals surface area contributed by atoms with Crippen molar-refractivity contribution < 1.29 is 4.74 Å². The Balaban J connectivity index is 2.11. The van der Waals surface area contributed by atoms with Crippen LogP contribution in [0.4, 0.5) is 5.82 Å². The standard InChI is InChI=1S/C16H20N4O/c1-10-8-20(9-11(2)21-10)16-13(15(17)18)7-12-5-3-4-6-14(12)19-16/h3-7,10-11H,8-9H2,1-2H3,(H3,17,18)/t10-,11+. The minimum Gasteiger partial charge on any atom is -0.384 e. The van der Waals surface area contributed by atoms with E-state index in [-0.39, 0.29) is 18.0 Å². The Hall–Kier alpha value is -2.14. The number of nitrogens with two attached hydrogens (primary N) is 1. The van der Waals surface area contributed by atoms with Crippen molar-refractivity contribution in [3.8, 4) is 0 Å². The Bertz CT molecular complexity index is 675. The van der Waals surface area contributed by atoms with E-state index in [0.717, 1.165) is 29.8 Å². The molecule has 0 saturated carbocycles. The van der Waals surface area contributed by atoms with E-state index in [2.05, 4.69) is 18.7 Å². The summed E-state index contributed by atoms with van der Waals surface area (Å²) >= 11 is 0. The number of fused-ring (bicyclic) bond motifs is 1. The molecule has 0 spiro atoms. The molecule has 0 aliphatic carbocycles. The predicted molar refractivity (Wildman–Crippen MR) is 85.0 cm³/mol. The summed E-state index contributed by atoms with van der Waals surface area (Å²) in [4.78, 5) is 6.91. The Morgan fingerprint density at radius 2 is 1.95 bits per heavy atom. The van der Waals surface area contributed by atoms with E-state index in [1.54, 1.807) is 0 Å². The fourth-order valence-electron chi connectivity index (χ4n) is 2.90. The van der Waals surface area contributed by atoms with Crippen LogP contribution in [0.3, 0.4) is 0 Å². The van der Waals surface area contributed by atoms with Gasteiger partial charge in [-0.2, -0.15) is 0 Å². The zero-order valence-electron chi connectivity index (χ0n) is 12.3. The van der Waals surface area contributed by atoms with Gasteiger partial charge in [-0.1, -0.05) is 18.2 Å². The first-order chi connectivity index (χ1) is 10.0. The smallest absolute Gasteiger partial charge is 0.140 e.